The van der Waals surface area contributed by atoms with E-state index in [1.165, 1.54) is 0 Å². The molecule has 1 saturated heterocycles. The lowest BCUT2D eigenvalue weighted by atomic mass is 10.2. The Morgan fingerprint density at radius 2 is 2.12 bits per heavy atom. The normalized spacial score (nSPS) is 21.9. The highest BCUT2D eigenvalue weighted by Gasteiger charge is 2.26. The fraction of sp³-hybridized carbons (Fsp3) is 0.583. The minimum Gasteiger partial charge on any atom is -0.345 e. The molecule has 1 aliphatic heterocycles. The monoisotopic (exact) mass is 299 g/mol. The average molecular weight is 300 g/mol. The third-order valence-electron chi connectivity index (χ3n) is 3.44. The minimum atomic E-state index is 0.123. The quantitative estimate of drug-likeness (QED) is 0.787. The van der Waals surface area contributed by atoms with Gasteiger partial charge >= 0.3 is 0 Å². The molecule has 1 aromatic rings. The fourth-order valence-corrected chi connectivity index (χ4v) is 2.66. The van der Waals surface area contributed by atoms with Crippen molar-refractivity contribution >= 4 is 21.8 Å². The van der Waals surface area contributed by atoms with Crippen molar-refractivity contribution in [1.29, 1.82) is 0 Å². The molecule has 17 heavy (non-hydrogen) atoms. The standard InChI is InChI=1S/C12H18BrN3O/c1-9-7-16(5-4-14(9)2)12(17)11-6-10(13)8-15(11)3/h6,8-9H,4-5,7H2,1-3H3. The molecule has 1 amide bonds. The van der Waals surface area contributed by atoms with Gasteiger partial charge in [-0.3, -0.25) is 4.79 Å². The number of carbonyl (C=O) groups excluding carboxylic acids is 1. The average Bonchev–Trinajstić information content (AvgIpc) is 2.61. The van der Waals surface area contributed by atoms with Crippen LogP contribution in [-0.4, -0.2) is 53.0 Å². The number of hydrogen-bond donors (Lipinski definition) is 0. The van der Waals surface area contributed by atoms with Gasteiger partial charge in [0.15, 0.2) is 0 Å². The molecule has 1 atom stereocenters. The van der Waals surface area contributed by atoms with Gasteiger partial charge in [-0.25, -0.2) is 0 Å². The molecule has 0 aromatic carbocycles. The van der Waals surface area contributed by atoms with Crippen molar-refractivity contribution < 1.29 is 4.79 Å². The predicted octanol–water partition coefficient (Wildman–Crippen LogP) is 1.56. The summed E-state index contributed by atoms with van der Waals surface area (Å²) in [5, 5.41) is 0. The van der Waals surface area contributed by atoms with E-state index in [1.54, 1.807) is 0 Å². The van der Waals surface area contributed by atoms with Gasteiger partial charge in [0, 0.05) is 43.4 Å². The summed E-state index contributed by atoms with van der Waals surface area (Å²) in [7, 11) is 4.00. The molecule has 94 valence electrons. The highest BCUT2D eigenvalue weighted by Crippen LogP contribution is 2.17. The lowest BCUT2D eigenvalue weighted by Crippen LogP contribution is -2.52. The van der Waals surface area contributed by atoms with Gasteiger partial charge in [0.25, 0.3) is 5.91 Å². The summed E-state index contributed by atoms with van der Waals surface area (Å²) in [5.41, 5.74) is 0.744. The van der Waals surface area contributed by atoms with E-state index in [0.717, 1.165) is 29.8 Å². The smallest absolute Gasteiger partial charge is 0.270 e. The SMILES string of the molecule is CC1CN(C(=O)c2cc(Br)cn2C)CCN1C. The molecule has 0 bridgehead atoms. The zero-order chi connectivity index (χ0) is 12.6. The van der Waals surface area contributed by atoms with Crippen molar-refractivity contribution in [2.24, 2.45) is 7.05 Å². The molecule has 2 rings (SSSR count). The van der Waals surface area contributed by atoms with Crippen LogP contribution in [0.25, 0.3) is 0 Å². The lowest BCUT2D eigenvalue weighted by Gasteiger charge is -2.37. The fourth-order valence-electron chi connectivity index (χ4n) is 2.13. The second-order valence-corrected chi connectivity index (χ2v) is 5.65. The highest BCUT2D eigenvalue weighted by atomic mass is 79.9. The van der Waals surface area contributed by atoms with Crippen LogP contribution in [0.15, 0.2) is 16.7 Å². The zero-order valence-corrected chi connectivity index (χ0v) is 12.1. The maximum Gasteiger partial charge on any atom is 0.270 e. The predicted molar refractivity (Wildman–Crippen MR) is 71.1 cm³/mol. The Morgan fingerprint density at radius 1 is 1.41 bits per heavy atom. The summed E-state index contributed by atoms with van der Waals surface area (Å²) in [6.07, 6.45) is 1.91. The molecule has 1 fully saturated rings. The number of likely N-dealkylation sites (N-methyl/N-ethyl adjacent to an activating group) is 1. The van der Waals surface area contributed by atoms with Crippen molar-refractivity contribution in [3.63, 3.8) is 0 Å². The van der Waals surface area contributed by atoms with E-state index in [9.17, 15) is 4.79 Å². The van der Waals surface area contributed by atoms with E-state index in [0.29, 0.717) is 6.04 Å². The van der Waals surface area contributed by atoms with Gasteiger partial charge < -0.3 is 14.4 Å². The molecule has 1 aliphatic rings. The topological polar surface area (TPSA) is 28.5 Å². The number of carbonyl (C=O) groups is 1. The zero-order valence-electron chi connectivity index (χ0n) is 10.5. The van der Waals surface area contributed by atoms with Crippen LogP contribution in [0, 0.1) is 0 Å². The molecule has 2 heterocycles. The molecular weight excluding hydrogens is 282 g/mol. The summed E-state index contributed by atoms with van der Waals surface area (Å²) in [6, 6.07) is 2.31. The Labute approximate surface area is 110 Å². The van der Waals surface area contributed by atoms with E-state index < -0.39 is 0 Å². The number of nitrogens with zero attached hydrogens (tertiary/aromatic N) is 3. The third kappa shape index (κ3) is 2.55. The summed E-state index contributed by atoms with van der Waals surface area (Å²) < 4.78 is 2.82. The molecule has 5 heteroatoms. The molecule has 1 aromatic heterocycles. The second kappa shape index (κ2) is 4.82. The van der Waals surface area contributed by atoms with Crippen LogP contribution in [0.3, 0.4) is 0 Å². The summed E-state index contributed by atoms with van der Waals surface area (Å²) in [5.74, 6) is 0.123. The van der Waals surface area contributed by atoms with Crippen molar-refractivity contribution in [2.75, 3.05) is 26.7 Å². The number of hydrogen-bond acceptors (Lipinski definition) is 2. The van der Waals surface area contributed by atoms with Gasteiger partial charge in [-0.15, -0.1) is 0 Å². The van der Waals surface area contributed by atoms with Crippen molar-refractivity contribution in [3.8, 4) is 0 Å². The number of halogens is 1. The molecule has 1 unspecified atom stereocenters. The summed E-state index contributed by atoms with van der Waals surface area (Å²) >= 11 is 3.40. The molecular formula is C12H18BrN3O. The number of piperazine rings is 1. The van der Waals surface area contributed by atoms with Crippen LogP contribution in [0.1, 0.15) is 17.4 Å². The Kier molecular flexibility index (Phi) is 3.58. The second-order valence-electron chi connectivity index (χ2n) is 4.74. The Bertz CT molecular complexity index is 429. The van der Waals surface area contributed by atoms with Gasteiger partial charge in [-0.1, -0.05) is 0 Å². The molecule has 4 nitrogen and oxygen atoms in total. The van der Waals surface area contributed by atoms with E-state index in [4.69, 9.17) is 0 Å². The summed E-state index contributed by atoms with van der Waals surface area (Å²) in [4.78, 5) is 16.6. The van der Waals surface area contributed by atoms with Crippen LogP contribution in [-0.2, 0) is 7.05 Å². The van der Waals surface area contributed by atoms with Crippen LogP contribution in [0.4, 0.5) is 0 Å². The van der Waals surface area contributed by atoms with Gasteiger partial charge in [0.05, 0.1) is 0 Å². The Balaban J connectivity index is 2.13. The number of aromatic nitrogens is 1. The van der Waals surface area contributed by atoms with E-state index in [-0.39, 0.29) is 5.91 Å². The van der Waals surface area contributed by atoms with Gasteiger partial charge in [-0.05, 0) is 36.0 Å². The molecule has 0 N–H and O–H groups in total. The summed E-state index contributed by atoms with van der Waals surface area (Å²) in [6.45, 7) is 4.71. The Hall–Kier alpha value is -0.810. The van der Waals surface area contributed by atoms with Crippen molar-refractivity contribution in [1.82, 2.24) is 14.4 Å². The van der Waals surface area contributed by atoms with Crippen LogP contribution < -0.4 is 0 Å². The van der Waals surface area contributed by atoms with Gasteiger partial charge in [-0.2, -0.15) is 0 Å². The maximum absolute atomic E-state index is 12.4. The van der Waals surface area contributed by atoms with Gasteiger partial charge in [0.2, 0.25) is 0 Å². The number of amides is 1. The van der Waals surface area contributed by atoms with Crippen molar-refractivity contribution in [3.05, 3.63) is 22.4 Å². The number of aryl methyl sites for hydroxylation is 1. The lowest BCUT2D eigenvalue weighted by molar-refractivity contribution is 0.0563. The van der Waals surface area contributed by atoms with E-state index in [2.05, 4.69) is 34.8 Å². The van der Waals surface area contributed by atoms with Crippen molar-refractivity contribution in [2.45, 2.75) is 13.0 Å². The van der Waals surface area contributed by atoms with Gasteiger partial charge in [0.1, 0.15) is 5.69 Å². The van der Waals surface area contributed by atoms with Crippen LogP contribution in [0.2, 0.25) is 0 Å². The van der Waals surface area contributed by atoms with E-state index in [1.807, 2.05) is 28.8 Å². The van der Waals surface area contributed by atoms with Crippen LogP contribution in [0.5, 0.6) is 0 Å². The third-order valence-corrected chi connectivity index (χ3v) is 3.87. The first-order valence-corrected chi connectivity index (χ1v) is 6.59. The first kappa shape index (κ1) is 12.6. The molecule has 0 radical (unpaired) electrons. The Morgan fingerprint density at radius 3 is 2.65 bits per heavy atom. The highest BCUT2D eigenvalue weighted by molar-refractivity contribution is 9.10. The molecule has 0 aliphatic carbocycles. The largest absolute Gasteiger partial charge is 0.345 e. The molecule has 0 spiro atoms. The minimum absolute atomic E-state index is 0.123. The molecule has 0 saturated carbocycles. The van der Waals surface area contributed by atoms with E-state index >= 15 is 0 Å². The first-order valence-electron chi connectivity index (χ1n) is 5.80. The first-order chi connectivity index (χ1) is 7.99. The van der Waals surface area contributed by atoms with Crippen LogP contribution >= 0.6 is 15.9 Å². The maximum atomic E-state index is 12.4. The number of rotatable bonds is 1.